The highest BCUT2D eigenvalue weighted by molar-refractivity contribution is 4.99. The van der Waals surface area contributed by atoms with Crippen molar-refractivity contribution >= 4 is 0 Å². The molecule has 1 spiro atoms. The maximum absolute atomic E-state index is 3.83. The summed E-state index contributed by atoms with van der Waals surface area (Å²) in [5.74, 6) is 1.08. The first kappa shape index (κ1) is 12.0. The lowest BCUT2D eigenvalue weighted by atomic mass is 9.92. The van der Waals surface area contributed by atoms with Crippen molar-refractivity contribution < 1.29 is 0 Å². The molecule has 3 aliphatic rings. The molecule has 0 aromatic rings. The molecule has 0 radical (unpaired) electrons. The van der Waals surface area contributed by atoms with Crippen molar-refractivity contribution in [3.8, 4) is 0 Å². The first-order valence-electron chi connectivity index (χ1n) is 7.80. The average molecular weight is 236 g/mol. The minimum Gasteiger partial charge on any atom is -0.309 e. The van der Waals surface area contributed by atoms with Crippen molar-refractivity contribution in [1.82, 2.24) is 10.2 Å². The van der Waals surface area contributed by atoms with Crippen molar-refractivity contribution in [2.24, 2.45) is 5.92 Å². The Labute approximate surface area is 106 Å². The van der Waals surface area contributed by atoms with Crippen LogP contribution >= 0.6 is 0 Å². The van der Waals surface area contributed by atoms with E-state index in [1.54, 1.807) is 0 Å². The maximum Gasteiger partial charge on any atom is 0.0309 e. The van der Waals surface area contributed by atoms with Gasteiger partial charge in [0.1, 0.15) is 0 Å². The molecule has 0 aromatic heterocycles. The molecule has 0 amide bonds. The zero-order valence-electron chi connectivity index (χ0n) is 11.4. The van der Waals surface area contributed by atoms with Gasteiger partial charge in [0.25, 0.3) is 0 Å². The summed E-state index contributed by atoms with van der Waals surface area (Å²) in [5, 5.41) is 3.83. The lowest BCUT2D eigenvalue weighted by Crippen LogP contribution is -2.61. The molecule has 2 saturated carbocycles. The van der Waals surface area contributed by atoms with Crippen molar-refractivity contribution in [2.75, 3.05) is 19.6 Å². The van der Waals surface area contributed by atoms with Crippen molar-refractivity contribution in [3.05, 3.63) is 0 Å². The smallest absolute Gasteiger partial charge is 0.0309 e. The Kier molecular flexibility index (Phi) is 3.45. The number of nitrogens with one attached hydrogen (secondary N) is 1. The average Bonchev–Trinajstić information content (AvgIpc) is 3.07. The van der Waals surface area contributed by atoms with Gasteiger partial charge in [-0.15, -0.1) is 0 Å². The quantitative estimate of drug-likeness (QED) is 0.807. The van der Waals surface area contributed by atoms with Gasteiger partial charge in [-0.1, -0.05) is 32.6 Å². The van der Waals surface area contributed by atoms with E-state index in [-0.39, 0.29) is 0 Å². The van der Waals surface area contributed by atoms with Gasteiger partial charge in [-0.05, 0) is 31.6 Å². The molecule has 2 aliphatic carbocycles. The summed E-state index contributed by atoms with van der Waals surface area (Å²) < 4.78 is 0. The Bertz CT molecular complexity index is 254. The van der Waals surface area contributed by atoms with Gasteiger partial charge in [0.2, 0.25) is 0 Å². The van der Waals surface area contributed by atoms with Crippen LogP contribution in [0.3, 0.4) is 0 Å². The zero-order chi connectivity index (χ0) is 11.7. The fourth-order valence-electron chi connectivity index (χ4n) is 4.00. The van der Waals surface area contributed by atoms with E-state index in [1.807, 2.05) is 0 Å². The van der Waals surface area contributed by atoms with Crippen LogP contribution < -0.4 is 5.32 Å². The van der Waals surface area contributed by atoms with Crippen molar-refractivity contribution in [2.45, 2.75) is 69.9 Å². The second kappa shape index (κ2) is 4.89. The third kappa shape index (κ3) is 2.68. The highest BCUT2D eigenvalue weighted by atomic mass is 15.2. The predicted molar refractivity (Wildman–Crippen MR) is 72.2 cm³/mol. The Morgan fingerprint density at radius 3 is 2.71 bits per heavy atom. The first-order chi connectivity index (χ1) is 8.31. The molecule has 3 rings (SSSR count). The molecule has 1 unspecified atom stereocenters. The Balaban J connectivity index is 1.60. The molecule has 3 fully saturated rings. The molecule has 1 N–H and O–H groups in total. The van der Waals surface area contributed by atoms with Crippen LogP contribution in [0, 0.1) is 5.92 Å². The highest BCUT2D eigenvalue weighted by Crippen LogP contribution is 2.37. The molecule has 1 aliphatic heterocycles. The van der Waals surface area contributed by atoms with Crippen molar-refractivity contribution in [1.29, 1.82) is 0 Å². The topological polar surface area (TPSA) is 15.3 Å². The molecule has 1 heterocycles. The lowest BCUT2D eigenvalue weighted by Gasteiger charge is -2.45. The van der Waals surface area contributed by atoms with E-state index in [0.29, 0.717) is 5.54 Å². The summed E-state index contributed by atoms with van der Waals surface area (Å²) in [5.41, 5.74) is 0.509. The minimum atomic E-state index is 0.509. The molecule has 1 atom stereocenters. The van der Waals surface area contributed by atoms with Crippen LogP contribution in [0.2, 0.25) is 0 Å². The number of rotatable bonds is 4. The van der Waals surface area contributed by atoms with Gasteiger partial charge in [-0.2, -0.15) is 0 Å². The van der Waals surface area contributed by atoms with E-state index in [4.69, 9.17) is 0 Å². The Morgan fingerprint density at radius 1 is 1.29 bits per heavy atom. The minimum absolute atomic E-state index is 0.509. The Morgan fingerprint density at radius 2 is 2.06 bits per heavy atom. The molecular weight excluding hydrogens is 208 g/mol. The summed E-state index contributed by atoms with van der Waals surface area (Å²) in [4.78, 5) is 2.82. The monoisotopic (exact) mass is 236 g/mol. The molecule has 1 saturated heterocycles. The zero-order valence-corrected chi connectivity index (χ0v) is 11.4. The Hall–Kier alpha value is -0.0800. The molecule has 2 nitrogen and oxygen atoms in total. The molecule has 0 aromatic carbocycles. The summed E-state index contributed by atoms with van der Waals surface area (Å²) >= 11 is 0. The molecular formula is C15H28N2. The third-order valence-corrected chi connectivity index (χ3v) is 5.26. The van der Waals surface area contributed by atoms with E-state index in [9.17, 15) is 0 Å². The van der Waals surface area contributed by atoms with Gasteiger partial charge < -0.3 is 5.32 Å². The van der Waals surface area contributed by atoms with Crippen LogP contribution in [-0.4, -0.2) is 36.1 Å². The van der Waals surface area contributed by atoms with E-state index < -0.39 is 0 Å². The molecule has 2 heteroatoms. The summed E-state index contributed by atoms with van der Waals surface area (Å²) in [6.45, 7) is 6.22. The lowest BCUT2D eigenvalue weighted by molar-refractivity contribution is 0.0848. The van der Waals surface area contributed by atoms with E-state index in [0.717, 1.165) is 12.0 Å². The van der Waals surface area contributed by atoms with Crippen LogP contribution in [-0.2, 0) is 0 Å². The van der Waals surface area contributed by atoms with Crippen LogP contribution in [0.5, 0.6) is 0 Å². The van der Waals surface area contributed by atoms with Gasteiger partial charge in [-0.3, -0.25) is 4.90 Å². The van der Waals surface area contributed by atoms with Crippen molar-refractivity contribution in [3.63, 3.8) is 0 Å². The SMILES string of the molecule is CCC(CC1CC1)N1CCNC2(CCCC2)C1. The number of nitrogens with zero attached hydrogens (tertiary/aromatic N) is 1. The van der Waals surface area contributed by atoms with Crippen LogP contribution in [0.4, 0.5) is 0 Å². The van der Waals surface area contributed by atoms with Gasteiger partial charge in [0.05, 0.1) is 0 Å². The molecule has 98 valence electrons. The summed E-state index contributed by atoms with van der Waals surface area (Å²) in [6, 6.07) is 0.877. The number of piperazine rings is 1. The second-order valence-electron chi connectivity index (χ2n) is 6.63. The van der Waals surface area contributed by atoms with Gasteiger partial charge in [-0.25, -0.2) is 0 Å². The van der Waals surface area contributed by atoms with E-state index in [1.165, 1.54) is 71.0 Å². The number of hydrogen-bond donors (Lipinski definition) is 1. The van der Waals surface area contributed by atoms with Crippen LogP contribution in [0.1, 0.15) is 58.3 Å². The van der Waals surface area contributed by atoms with E-state index >= 15 is 0 Å². The largest absolute Gasteiger partial charge is 0.309 e. The fourth-order valence-corrected chi connectivity index (χ4v) is 4.00. The predicted octanol–water partition coefficient (Wildman–Crippen LogP) is 2.78. The van der Waals surface area contributed by atoms with E-state index in [2.05, 4.69) is 17.1 Å². The summed E-state index contributed by atoms with van der Waals surface area (Å²) in [7, 11) is 0. The first-order valence-corrected chi connectivity index (χ1v) is 7.80. The van der Waals surface area contributed by atoms with Gasteiger partial charge in [0, 0.05) is 31.2 Å². The van der Waals surface area contributed by atoms with Gasteiger partial charge >= 0.3 is 0 Å². The highest BCUT2D eigenvalue weighted by Gasteiger charge is 2.39. The van der Waals surface area contributed by atoms with Gasteiger partial charge in [0.15, 0.2) is 0 Å². The second-order valence-corrected chi connectivity index (χ2v) is 6.63. The normalized spacial score (nSPS) is 30.9. The maximum atomic E-state index is 3.83. The number of hydrogen-bond acceptors (Lipinski definition) is 2. The fraction of sp³-hybridized carbons (Fsp3) is 1.00. The molecule has 0 bridgehead atoms. The standard InChI is InChI=1S/C15H28N2/c1-2-14(11-13-5-6-13)17-10-9-16-15(12-17)7-3-4-8-15/h13-14,16H,2-12H2,1H3. The third-order valence-electron chi connectivity index (χ3n) is 5.26. The summed E-state index contributed by atoms with van der Waals surface area (Å²) in [6.07, 6.45) is 11.6. The van der Waals surface area contributed by atoms with Crippen LogP contribution in [0.15, 0.2) is 0 Å². The molecule has 17 heavy (non-hydrogen) atoms. The van der Waals surface area contributed by atoms with Crippen LogP contribution in [0.25, 0.3) is 0 Å².